The van der Waals surface area contributed by atoms with Crippen molar-refractivity contribution >= 4 is 0 Å². The summed E-state index contributed by atoms with van der Waals surface area (Å²) in [7, 11) is 0. The monoisotopic (exact) mass is 237 g/mol. The molecule has 0 spiro atoms. The average molecular weight is 237 g/mol. The number of pyridine rings is 1. The summed E-state index contributed by atoms with van der Waals surface area (Å²) in [6, 6.07) is 2.14. The third kappa shape index (κ3) is 5.34. The van der Waals surface area contributed by atoms with Crippen molar-refractivity contribution < 1.29 is 0 Å². The van der Waals surface area contributed by atoms with E-state index in [4.69, 9.17) is 0 Å². The van der Waals surface area contributed by atoms with Gasteiger partial charge in [0.15, 0.2) is 0 Å². The average Bonchev–Trinajstić information content (AvgIpc) is 2.18. The predicted octanol–water partition coefficient (Wildman–Crippen LogP) is 5.34. The highest BCUT2D eigenvalue weighted by molar-refractivity contribution is 5.34. The number of nitrogens with zero attached hydrogens (tertiary/aromatic N) is 1. The largest absolute Gasteiger partial charge is 0.264 e. The first-order chi connectivity index (χ1) is 7.23. The lowest BCUT2D eigenvalue weighted by Gasteiger charge is -2.29. The third-order valence-corrected chi connectivity index (χ3v) is 2.44. The summed E-state index contributed by atoms with van der Waals surface area (Å²) in [6.45, 7) is 17.4. The zero-order chi connectivity index (χ0) is 13.0. The maximum absolute atomic E-state index is 4.23. The van der Waals surface area contributed by atoms with Crippen LogP contribution in [0.5, 0.6) is 0 Å². The van der Waals surface area contributed by atoms with Gasteiger partial charge in [0.05, 0.1) is 0 Å². The van der Waals surface area contributed by atoms with Gasteiger partial charge in [-0.15, -0.1) is 0 Å². The van der Waals surface area contributed by atoms with E-state index in [1.54, 1.807) is 0 Å². The fourth-order valence-corrected chi connectivity index (χ4v) is 1.65. The van der Waals surface area contributed by atoms with Gasteiger partial charge in [-0.3, -0.25) is 4.98 Å². The number of aromatic nitrogens is 1. The van der Waals surface area contributed by atoms with Gasteiger partial charge < -0.3 is 0 Å². The van der Waals surface area contributed by atoms with Crippen LogP contribution in [0.4, 0.5) is 0 Å². The fourth-order valence-electron chi connectivity index (χ4n) is 1.65. The van der Waals surface area contributed by atoms with Crippen LogP contribution in [0.3, 0.4) is 0 Å². The molecule has 0 radical (unpaired) electrons. The van der Waals surface area contributed by atoms with E-state index in [2.05, 4.69) is 52.6 Å². The van der Waals surface area contributed by atoms with Crippen LogP contribution in [0.15, 0.2) is 18.5 Å². The number of rotatable bonds is 0. The van der Waals surface area contributed by atoms with Gasteiger partial charge in [-0.05, 0) is 28.0 Å². The lowest BCUT2D eigenvalue weighted by molar-refractivity contribution is 0.527. The smallest absolute Gasteiger partial charge is 0.0308 e. The first-order valence-electron chi connectivity index (χ1n) is 6.18. The minimum atomic E-state index is 0. The Morgan fingerprint density at radius 2 is 1.24 bits per heavy atom. The SMILES string of the molecule is C.CC.CC(C)(C)c1ccncc1C(C)(C)C. The molecule has 17 heavy (non-hydrogen) atoms. The lowest BCUT2D eigenvalue weighted by Crippen LogP contribution is -2.22. The number of hydrogen-bond acceptors (Lipinski definition) is 1. The highest BCUT2D eigenvalue weighted by Gasteiger charge is 2.24. The molecular formula is C16H31N. The van der Waals surface area contributed by atoms with E-state index in [0.29, 0.717) is 0 Å². The first kappa shape index (κ1) is 18.5. The van der Waals surface area contributed by atoms with Crippen molar-refractivity contribution in [1.29, 1.82) is 0 Å². The molecule has 0 saturated carbocycles. The highest BCUT2D eigenvalue weighted by Crippen LogP contribution is 2.32. The molecule has 1 heteroatoms. The summed E-state index contributed by atoms with van der Waals surface area (Å²) >= 11 is 0. The van der Waals surface area contributed by atoms with E-state index in [1.807, 2.05) is 26.2 Å². The van der Waals surface area contributed by atoms with E-state index in [9.17, 15) is 0 Å². The molecule has 0 bridgehead atoms. The third-order valence-electron chi connectivity index (χ3n) is 2.44. The van der Waals surface area contributed by atoms with E-state index in [1.165, 1.54) is 11.1 Å². The van der Waals surface area contributed by atoms with Gasteiger partial charge in [-0.1, -0.05) is 62.8 Å². The first-order valence-corrected chi connectivity index (χ1v) is 6.18. The van der Waals surface area contributed by atoms with Crippen LogP contribution in [-0.2, 0) is 10.8 Å². The van der Waals surface area contributed by atoms with Gasteiger partial charge in [0.1, 0.15) is 0 Å². The van der Waals surface area contributed by atoms with Crippen molar-refractivity contribution in [3.05, 3.63) is 29.6 Å². The Morgan fingerprint density at radius 3 is 1.53 bits per heavy atom. The minimum absolute atomic E-state index is 0. The fraction of sp³-hybridized carbons (Fsp3) is 0.688. The van der Waals surface area contributed by atoms with Crippen molar-refractivity contribution in [2.24, 2.45) is 0 Å². The molecule has 0 aliphatic rings. The molecule has 100 valence electrons. The van der Waals surface area contributed by atoms with Crippen LogP contribution in [-0.4, -0.2) is 4.98 Å². The second kappa shape index (κ2) is 6.78. The van der Waals surface area contributed by atoms with Crippen LogP contribution in [0.2, 0.25) is 0 Å². The number of hydrogen-bond donors (Lipinski definition) is 0. The summed E-state index contributed by atoms with van der Waals surface area (Å²) in [4.78, 5) is 4.23. The van der Waals surface area contributed by atoms with Crippen molar-refractivity contribution in [2.75, 3.05) is 0 Å². The molecule has 1 aromatic heterocycles. The Hall–Kier alpha value is -0.850. The van der Waals surface area contributed by atoms with Crippen molar-refractivity contribution in [3.63, 3.8) is 0 Å². The van der Waals surface area contributed by atoms with Crippen LogP contribution >= 0.6 is 0 Å². The lowest BCUT2D eigenvalue weighted by atomic mass is 9.76. The standard InChI is InChI=1S/C13H21N.C2H6.CH4/c1-12(2,3)10-7-8-14-9-11(10)13(4,5)6;1-2;/h7-9H,1-6H3;1-2H3;1H4. The van der Waals surface area contributed by atoms with E-state index in [0.717, 1.165) is 0 Å². The minimum Gasteiger partial charge on any atom is -0.264 e. The van der Waals surface area contributed by atoms with E-state index < -0.39 is 0 Å². The van der Waals surface area contributed by atoms with Crippen LogP contribution < -0.4 is 0 Å². The Morgan fingerprint density at radius 1 is 0.824 bits per heavy atom. The molecule has 0 aliphatic heterocycles. The second-order valence-electron chi connectivity index (χ2n) is 5.92. The van der Waals surface area contributed by atoms with Gasteiger partial charge in [0.2, 0.25) is 0 Å². The van der Waals surface area contributed by atoms with Crippen LogP contribution in [0, 0.1) is 0 Å². The molecule has 0 atom stereocenters. The molecule has 0 fully saturated rings. The molecule has 0 unspecified atom stereocenters. The normalized spacial score (nSPS) is 11.1. The predicted molar refractivity (Wildman–Crippen MR) is 79.7 cm³/mol. The Kier molecular flexibility index (Phi) is 7.38. The molecule has 0 saturated heterocycles. The molecule has 1 aromatic rings. The molecule has 0 aliphatic carbocycles. The van der Waals surface area contributed by atoms with Crippen LogP contribution in [0.25, 0.3) is 0 Å². The topological polar surface area (TPSA) is 12.9 Å². The van der Waals surface area contributed by atoms with Gasteiger partial charge in [0.25, 0.3) is 0 Å². The van der Waals surface area contributed by atoms with Crippen molar-refractivity contribution in [2.45, 2.75) is 73.6 Å². The quantitative estimate of drug-likeness (QED) is 0.593. The van der Waals surface area contributed by atoms with E-state index >= 15 is 0 Å². The van der Waals surface area contributed by atoms with Crippen LogP contribution in [0.1, 0.15) is 73.9 Å². The molecule has 0 aromatic carbocycles. The summed E-state index contributed by atoms with van der Waals surface area (Å²) in [5.41, 5.74) is 3.13. The summed E-state index contributed by atoms with van der Waals surface area (Å²) in [6.07, 6.45) is 3.89. The van der Waals surface area contributed by atoms with Gasteiger partial charge in [0, 0.05) is 12.4 Å². The zero-order valence-electron chi connectivity index (χ0n) is 12.2. The molecule has 0 amide bonds. The van der Waals surface area contributed by atoms with Gasteiger partial charge >= 0.3 is 0 Å². The highest BCUT2D eigenvalue weighted by atomic mass is 14.6. The summed E-state index contributed by atoms with van der Waals surface area (Å²) < 4.78 is 0. The Balaban J connectivity index is 0. The molecular weight excluding hydrogens is 206 g/mol. The van der Waals surface area contributed by atoms with Crippen molar-refractivity contribution in [3.8, 4) is 0 Å². The Labute approximate surface area is 109 Å². The maximum Gasteiger partial charge on any atom is 0.0308 e. The van der Waals surface area contributed by atoms with Gasteiger partial charge in [-0.25, -0.2) is 0 Å². The second-order valence-corrected chi connectivity index (χ2v) is 5.92. The van der Waals surface area contributed by atoms with E-state index in [-0.39, 0.29) is 18.3 Å². The molecule has 0 N–H and O–H groups in total. The molecule has 1 nitrogen and oxygen atoms in total. The zero-order valence-corrected chi connectivity index (χ0v) is 12.2. The van der Waals surface area contributed by atoms with Gasteiger partial charge in [-0.2, -0.15) is 0 Å². The maximum atomic E-state index is 4.23. The van der Waals surface area contributed by atoms with Crippen molar-refractivity contribution in [1.82, 2.24) is 4.98 Å². The Bertz CT molecular complexity index is 280. The molecule has 1 rings (SSSR count). The summed E-state index contributed by atoms with van der Waals surface area (Å²) in [5.74, 6) is 0. The summed E-state index contributed by atoms with van der Waals surface area (Å²) in [5, 5.41) is 0. The molecule has 1 heterocycles.